The van der Waals surface area contributed by atoms with Crippen LogP contribution in [-0.2, 0) is 14.3 Å². The van der Waals surface area contributed by atoms with Gasteiger partial charge in [0, 0.05) is 18.4 Å². The summed E-state index contributed by atoms with van der Waals surface area (Å²) in [6.45, 7) is 1.37. The van der Waals surface area contributed by atoms with E-state index in [-0.39, 0.29) is 18.2 Å². The highest BCUT2D eigenvalue weighted by molar-refractivity contribution is 5.96. The maximum Gasteiger partial charge on any atom is 0.226 e. The third-order valence-corrected chi connectivity index (χ3v) is 2.38. The third-order valence-electron chi connectivity index (χ3n) is 2.38. The molecular formula is C13H19N3O3. The number of rotatable bonds is 8. The van der Waals surface area contributed by atoms with Crippen LogP contribution in [0.2, 0.25) is 0 Å². The van der Waals surface area contributed by atoms with E-state index in [0.29, 0.717) is 31.1 Å². The van der Waals surface area contributed by atoms with Gasteiger partial charge in [0.25, 0.3) is 0 Å². The van der Waals surface area contributed by atoms with E-state index >= 15 is 0 Å². The SMILES string of the molecule is COCCOCCC(=O)Nc1ccc(C(=N)N)cc1. The van der Waals surface area contributed by atoms with Crippen molar-refractivity contribution in [2.24, 2.45) is 5.73 Å². The number of anilines is 1. The summed E-state index contributed by atoms with van der Waals surface area (Å²) < 4.78 is 10.0. The Balaban J connectivity index is 2.30. The summed E-state index contributed by atoms with van der Waals surface area (Å²) in [7, 11) is 1.60. The Labute approximate surface area is 112 Å². The number of benzene rings is 1. The zero-order chi connectivity index (χ0) is 14.1. The number of hydrogen-bond donors (Lipinski definition) is 3. The molecule has 0 aromatic heterocycles. The van der Waals surface area contributed by atoms with Crippen LogP contribution in [0, 0.1) is 5.41 Å². The minimum atomic E-state index is -0.118. The predicted octanol–water partition coefficient (Wildman–Crippen LogP) is 0.962. The molecule has 0 aliphatic rings. The molecule has 0 aliphatic carbocycles. The Morgan fingerprint density at radius 2 is 1.95 bits per heavy atom. The number of hydrogen-bond acceptors (Lipinski definition) is 4. The van der Waals surface area contributed by atoms with Crippen LogP contribution in [0.3, 0.4) is 0 Å². The summed E-state index contributed by atoms with van der Waals surface area (Å²) >= 11 is 0. The minimum Gasteiger partial charge on any atom is -0.384 e. The number of carbonyl (C=O) groups is 1. The molecule has 0 spiro atoms. The van der Waals surface area contributed by atoms with E-state index in [0.717, 1.165) is 0 Å². The number of ether oxygens (including phenoxy) is 2. The lowest BCUT2D eigenvalue weighted by Gasteiger charge is -2.06. The van der Waals surface area contributed by atoms with Gasteiger partial charge < -0.3 is 20.5 Å². The second-order valence-corrected chi connectivity index (χ2v) is 3.89. The minimum absolute atomic E-state index is 0.00409. The molecule has 0 saturated heterocycles. The van der Waals surface area contributed by atoms with Crippen molar-refractivity contribution in [2.45, 2.75) is 6.42 Å². The van der Waals surface area contributed by atoms with E-state index in [2.05, 4.69) is 5.32 Å². The fourth-order valence-electron chi connectivity index (χ4n) is 1.37. The fourth-order valence-corrected chi connectivity index (χ4v) is 1.37. The van der Waals surface area contributed by atoms with E-state index < -0.39 is 0 Å². The van der Waals surface area contributed by atoms with Gasteiger partial charge in [-0.2, -0.15) is 0 Å². The van der Waals surface area contributed by atoms with Crippen molar-refractivity contribution in [3.8, 4) is 0 Å². The molecule has 19 heavy (non-hydrogen) atoms. The zero-order valence-electron chi connectivity index (χ0n) is 10.9. The molecule has 4 N–H and O–H groups in total. The Morgan fingerprint density at radius 3 is 2.53 bits per heavy atom. The van der Waals surface area contributed by atoms with Crippen molar-refractivity contribution in [1.82, 2.24) is 0 Å². The van der Waals surface area contributed by atoms with Crippen molar-refractivity contribution < 1.29 is 14.3 Å². The lowest BCUT2D eigenvalue weighted by Crippen LogP contribution is -2.15. The van der Waals surface area contributed by atoms with Gasteiger partial charge in [-0.3, -0.25) is 10.2 Å². The van der Waals surface area contributed by atoms with Gasteiger partial charge in [0.05, 0.1) is 26.2 Å². The highest BCUT2D eigenvalue weighted by Gasteiger charge is 2.03. The topological polar surface area (TPSA) is 97.4 Å². The van der Waals surface area contributed by atoms with Crippen LogP contribution < -0.4 is 11.1 Å². The molecule has 0 unspecified atom stereocenters. The standard InChI is InChI=1S/C13H19N3O3/c1-18-8-9-19-7-6-12(17)16-11-4-2-10(3-5-11)13(14)15/h2-5H,6-9H2,1H3,(H3,14,15)(H,16,17). The lowest BCUT2D eigenvalue weighted by molar-refractivity contribution is -0.117. The van der Waals surface area contributed by atoms with Gasteiger partial charge in [-0.05, 0) is 24.3 Å². The molecule has 1 amide bonds. The number of amidine groups is 1. The Bertz CT molecular complexity index is 418. The van der Waals surface area contributed by atoms with Crippen LogP contribution >= 0.6 is 0 Å². The summed E-state index contributed by atoms with van der Waals surface area (Å²) in [5, 5.41) is 9.99. The zero-order valence-corrected chi connectivity index (χ0v) is 10.9. The first-order chi connectivity index (χ1) is 9.13. The molecule has 0 aliphatic heterocycles. The first-order valence-electron chi connectivity index (χ1n) is 5.94. The first-order valence-corrected chi connectivity index (χ1v) is 5.94. The van der Waals surface area contributed by atoms with E-state index in [1.54, 1.807) is 31.4 Å². The third kappa shape index (κ3) is 5.98. The number of nitrogens with one attached hydrogen (secondary N) is 2. The molecule has 1 aromatic carbocycles. The number of carbonyl (C=O) groups excluding carboxylic acids is 1. The van der Waals surface area contributed by atoms with Crippen molar-refractivity contribution in [2.75, 3.05) is 32.2 Å². The second kappa shape index (κ2) is 8.23. The van der Waals surface area contributed by atoms with E-state index in [9.17, 15) is 4.79 Å². The summed E-state index contributed by atoms with van der Waals surface area (Å²) in [4.78, 5) is 11.6. The van der Waals surface area contributed by atoms with E-state index in [1.807, 2.05) is 0 Å². The molecule has 0 saturated carbocycles. The highest BCUT2D eigenvalue weighted by atomic mass is 16.5. The van der Waals surface area contributed by atoms with Crippen molar-refractivity contribution in [3.05, 3.63) is 29.8 Å². The Kier molecular flexibility index (Phi) is 6.56. The van der Waals surface area contributed by atoms with Crippen LogP contribution in [0.4, 0.5) is 5.69 Å². The quantitative estimate of drug-likeness (QED) is 0.370. The summed E-state index contributed by atoms with van der Waals surface area (Å²) in [6, 6.07) is 6.79. The number of amides is 1. The molecule has 0 fully saturated rings. The van der Waals surface area contributed by atoms with Crippen LogP contribution in [0.15, 0.2) is 24.3 Å². The molecule has 104 valence electrons. The van der Waals surface area contributed by atoms with Crippen LogP contribution in [0.25, 0.3) is 0 Å². The van der Waals surface area contributed by atoms with Gasteiger partial charge in [-0.1, -0.05) is 0 Å². The van der Waals surface area contributed by atoms with Gasteiger partial charge in [0.2, 0.25) is 5.91 Å². The average Bonchev–Trinajstić information content (AvgIpc) is 2.39. The summed E-state index contributed by atoms with van der Waals surface area (Å²) in [5.41, 5.74) is 6.64. The monoisotopic (exact) mass is 265 g/mol. The van der Waals surface area contributed by atoms with Gasteiger partial charge in [-0.25, -0.2) is 0 Å². The molecule has 1 aromatic rings. The van der Waals surface area contributed by atoms with Crippen LogP contribution in [-0.4, -0.2) is 38.7 Å². The average molecular weight is 265 g/mol. The highest BCUT2D eigenvalue weighted by Crippen LogP contribution is 2.09. The lowest BCUT2D eigenvalue weighted by atomic mass is 10.2. The first kappa shape index (κ1) is 15.1. The molecule has 0 bridgehead atoms. The molecule has 6 nitrogen and oxygen atoms in total. The van der Waals surface area contributed by atoms with E-state index in [1.165, 1.54) is 0 Å². The maximum absolute atomic E-state index is 11.6. The fraction of sp³-hybridized carbons (Fsp3) is 0.385. The Morgan fingerprint density at radius 1 is 1.26 bits per heavy atom. The Hall–Kier alpha value is -1.92. The molecule has 0 radical (unpaired) electrons. The van der Waals surface area contributed by atoms with Crippen molar-refractivity contribution in [3.63, 3.8) is 0 Å². The summed E-state index contributed by atoms with van der Waals surface area (Å²) in [5.74, 6) is -0.114. The second-order valence-electron chi connectivity index (χ2n) is 3.89. The number of methoxy groups -OCH3 is 1. The molecule has 1 rings (SSSR count). The van der Waals surface area contributed by atoms with Gasteiger partial charge in [-0.15, -0.1) is 0 Å². The van der Waals surface area contributed by atoms with Gasteiger partial charge in [0.15, 0.2) is 0 Å². The largest absolute Gasteiger partial charge is 0.384 e. The smallest absolute Gasteiger partial charge is 0.226 e. The normalized spacial score (nSPS) is 10.2. The van der Waals surface area contributed by atoms with Crippen molar-refractivity contribution in [1.29, 1.82) is 5.41 Å². The molecule has 6 heteroatoms. The molecular weight excluding hydrogens is 246 g/mol. The van der Waals surface area contributed by atoms with Crippen LogP contribution in [0.1, 0.15) is 12.0 Å². The molecule has 0 atom stereocenters. The van der Waals surface area contributed by atoms with Crippen molar-refractivity contribution >= 4 is 17.4 Å². The van der Waals surface area contributed by atoms with Crippen LogP contribution in [0.5, 0.6) is 0 Å². The predicted molar refractivity (Wildman–Crippen MR) is 73.4 cm³/mol. The molecule has 0 heterocycles. The van der Waals surface area contributed by atoms with Gasteiger partial charge in [0.1, 0.15) is 5.84 Å². The van der Waals surface area contributed by atoms with E-state index in [4.69, 9.17) is 20.6 Å². The van der Waals surface area contributed by atoms with Gasteiger partial charge >= 0.3 is 0 Å². The maximum atomic E-state index is 11.6. The summed E-state index contributed by atoms with van der Waals surface area (Å²) in [6.07, 6.45) is 0.290. The number of nitrogens with two attached hydrogens (primary N) is 1. The number of nitrogen functional groups attached to an aromatic ring is 1.